The van der Waals surface area contributed by atoms with Crippen LogP contribution in [0.25, 0.3) is 95.0 Å². The summed E-state index contributed by atoms with van der Waals surface area (Å²) in [5, 5.41) is -0.606. The molecule has 0 bridgehead atoms. The predicted octanol–water partition coefficient (Wildman–Crippen LogP) is 13.0. The van der Waals surface area contributed by atoms with Crippen molar-refractivity contribution >= 4 is 21.8 Å². The monoisotopic (exact) mass is 723 g/mol. The number of aromatic nitrogens is 4. The van der Waals surface area contributed by atoms with Crippen molar-refractivity contribution in [1.29, 1.82) is 0 Å². The number of rotatable bonds is 7. The van der Waals surface area contributed by atoms with Crippen molar-refractivity contribution < 1.29 is 28.8 Å². The second kappa shape index (κ2) is 13.8. The lowest BCUT2D eigenvalue weighted by Gasteiger charge is -2.19. The number of benzene rings is 8. The smallest absolute Gasteiger partial charge is 0.166 e. The lowest BCUT2D eigenvalue weighted by molar-refractivity contribution is 1.06. The molecule has 0 saturated heterocycles. The number of nitrogens with zero attached hydrogens (tertiary/aromatic N) is 4. The Morgan fingerprint density at radius 2 is 0.818 bits per heavy atom. The molecule has 0 aliphatic carbocycles. The van der Waals surface area contributed by atoms with Crippen molar-refractivity contribution in [1.82, 2.24) is 19.5 Å². The van der Waals surface area contributed by atoms with Gasteiger partial charge in [0.25, 0.3) is 0 Å². The van der Waals surface area contributed by atoms with Crippen LogP contribution in [0.5, 0.6) is 0 Å². The molecule has 0 unspecified atom stereocenters. The Labute approximate surface area is 349 Å². The zero-order valence-electron chi connectivity index (χ0n) is 49.3. The normalized spacial score (nSPS) is 16.6. The minimum Gasteiger partial charge on any atom is -0.308 e. The highest BCUT2D eigenvalue weighted by Gasteiger charge is 2.23. The van der Waals surface area contributed by atoms with E-state index in [-0.39, 0.29) is 56.1 Å². The third kappa shape index (κ3) is 5.96. The van der Waals surface area contributed by atoms with Gasteiger partial charge in [0.2, 0.25) is 0 Å². The summed E-state index contributed by atoms with van der Waals surface area (Å²) in [6, 6.07) is 4.51. The van der Waals surface area contributed by atoms with Gasteiger partial charge >= 0.3 is 0 Å². The molecule has 0 spiro atoms. The van der Waals surface area contributed by atoms with Crippen LogP contribution in [0.15, 0.2) is 206 Å². The molecule has 10 rings (SSSR count). The lowest BCUT2D eigenvalue weighted by atomic mass is 9.90. The SMILES string of the molecule is [2H]c1c([2H])c([2H])c(-c2c([2H])c(-c3cccc(-n4c5c([2H])c([2H])c([2H])c([2H])c5c5c([2H])c([2H])c([2H])c([2H])c54)c3-c3nc(-c4ccccc4)nc(-c4ccccc4)n3)c([2H])c(-c3c([2H])c([2H])c([2H])c([2H])c3[2H])c2[2H])c([2H])c1[2H]. The van der Waals surface area contributed by atoms with Crippen molar-refractivity contribution in [3.8, 4) is 73.2 Å². The zero-order valence-corrected chi connectivity index (χ0v) is 28.3. The van der Waals surface area contributed by atoms with E-state index in [1.165, 1.54) is 22.8 Å². The summed E-state index contributed by atoms with van der Waals surface area (Å²) in [6.45, 7) is 0. The average molecular weight is 724 g/mol. The van der Waals surface area contributed by atoms with E-state index in [9.17, 15) is 6.85 Å². The van der Waals surface area contributed by atoms with E-state index in [1.807, 2.05) is 0 Å². The van der Waals surface area contributed by atoms with E-state index < -0.39 is 155 Å². The first kappa shape index (κ1) is 17.1. The molecule has 10 aromatic rings. The van der Waals surface area contributed by atoms with Gasteiger partial charge in [-0.15, -0.1) is 0 Å². The van der Waals surface area contributed by atoms with Crippen molar-refractivity contribution in [2.75, 3.05) is 0 Å². The van der Waals surface area contributed by atoms with E-state index in [1.54, 1.807) is 60.7 Å². The highest BCUT2D eigenvalue weighted by atomic mass is 15.1. The van der Waals surface area contributed by atoms with Crippen LogP contribution >= 0.6 is 0 Å². The van der Waals surface area contributed by atoms with Crippen LogP contribution in [0.2, 0.25) is 0 Å². The fourth-order valence-corrected chi connectivity index (χ4v) is 6.36. The van der Waals surface area contributed by atoms with Crippen LogP contribution in [-0.4, -0.2) is 19.5 Å². The third-order valence-electron chi connectivity index (χ3n) is 8.76. The molecular weight excluding hydrogens is 669 g/mol. The largest absolute Gasteiger partial charge is 0.308 e. The Hall–Kier alpha value is -7.43. The van der Waals surface area contributed by atoms with Crippen LogP contribution in [0.3, 0.4) is 0 Å². The van der Waals surface area contributed by atoms with Crippen LogP contribution in [-0.2, 0) is 0 Å². The first-order chi connectivity index (χ1) is 36.0. The van der Waals surface area contributed by atoms with Gasteiger partial charge in [0.15, 0.2) is 17.5 Å². The van der Waals surface area contributed by atoms with Gasteiger partial charge in [-0.05, 0) is 69.7 Å². The van der Waals surface area contributed by atoms with E-state index >= 15 is 0 Å². The predicted molar refractivity (Wildman–Crippen MR) is 227 cm³/mol. The molecule has 0 saturated carbocycles. The van der Waals surface area contributed by atoms with E-state index in [2.05, 4.69) is 0 Å². The second-order valence-corrected chi connectivity index (χ2v) is 12.0. The molecule has 0 amide bonds. The summed E-state index contributed by atoms with van der Waals surface area (Å²) >= 11 is 0. The van der Waals surface area contributed by atoms with Crippen LogP contribution in [0.1, 0.15) is 28.8 Å². The first-order valence-corrected chi connectivity index (χ1v) is 16.8. The molecule has 2 heterocycles. The summed E-state index contributed by atoms with van der Waals surface area (Å²) in [5.41, 5.74) is -3.84. The number of fused-ring (bicyclic) bond motifs is 3. The fraction of sp³-hybridized carbons (Fsp3) is 0. The number of hydrogen-bond donors (Lipinski definition) is 0. The average Bonchev–Trinajstić information content (AvgIpc) is 4.04. The summed E-state index contributed by atoms with van der Waals surface area (Å²) in [5.74, 6) is -0.179. The van der Waals surface area contributed by atoms with Gasteiger partial charge in [-0.1, -0.05) is 169 Å². The van der Waals surface area contributed by atoms with Gasteiger partial charge in [0, 0.05) is 21.9 Å². The molecule has 0 radical (unpaired) electrons. The fourth-order valence-electron chi connectivity index (χ4n) is 6.36. The minimum atomic E-state index is -0.916. The summed E-state index contributed by atoms with van der Waals surface area (Å²) < 4.78 is 191. The third-order valence-corrected chi connectivity index (χ3v) is 8.76. The zero-order chi connectivity index (χ0) is 54.8. The van der Waals surface area contributed by atoms with Crippen molar-refractivity contribution in [2.24, 2.45) is 0 Å². The van der Waals surface area contributed by atoms with Gasteiger partial charge in [-0.3, -0.25) is 0 Å². The van der Waals surface area contributed by atoms with Gasteiger partial charge in [0.05, 0.1) is 51.1 Å². The molecule has 2 aromatic heterocycles. The highest BCUT2D eigenvalue weighted by Crippen LogP contribution is 2.43. The Kier molecular flexibility index (Phi) is 4.32. The maximum atomic E-state index is 10.1. The molecular formula is C51H34N4. The maximum absolute atomic E-state index is 10.1. The quantitative estimate of drug-likeness (QED) is 0.164. The van der Waals surface area contributed by atoms with Gasteiger partial charge in [0.1, 0.15) is 0 Å². The number of hydrogen-bond acceptors (Lipinski definition) is 3. The molecule has 0 aliphatic rings. The Bertz CT molecular complexity index is 3900. The van der Waals surface area contributed by atoms with E-state index in [0.29, 0.717) is 11.1 Å². The number of para-hydroxylation sites is 2. The minimum absolute atomic E-state index is 0.0506. The summed E-state index contributed by atoms with van der Waals surface area (Å²) in [6.07, 6.45) is 0. The van der Waals surface area contributed by atoms with Gasteiger partial charge in [-0.25, -0.2) is 15.0 Å². The Morgan fingerprint density at radius 3 is 1.35 bits per heavy atom. The molecule has 0 atom stereocenters. The molecule has 0 aliphatic heterocycles. The van der Waals surface area contributed by atoms with Crippen LogP contribution in [0.4, 0.5) is 0 Å². The standard InChI is InChI=1S/C51H34N4/c1-5-18-35(19-6-1)39-32-40(36-20-7-2-8-21-36)34-41(33-39)42-28-17-31-47(55-45-29-15-13-26-43(45)44-27-14-16-30-46(44)55)48(42)51-53-49(37-22-9-3-10-23-37)52-50(54-51)38-24-11-4-12-25-38/h1-34H/i1D,2D,5D,6D,7D,8D,13D,14D,15D,16D,18D,19D,20D,21D,26D,27D,29D,30D,32D,33D,34D. The van der Waals surface area contributed by atoms with Gasteiger partial charge < -0.3 is 4.57 Å². The highest BCUT2D eigenvalue weighted by molar-refractivity contribution is 6.10. The van der Waals surface area contributed by atoms with Crippen LogP contribution in [0, 0.1) is 0 Å². The van der Waals surface area contributed by atoms with Crippen molar-refractivity contribution in [3.63, 3.8) is 0 Å². The van der Waals surface area contributed by atoms with E-state index in [4.69, 9.17) is 36.9 Å². The molecule has 0 N–H and O–H groups in total. The van der Waals surface area contributed by atoms with Crippen molar-refractivity contribution in [2.45, 2.75) is 0 Å². The molecule has 55 heavy (non-hydrogen) atoms. The topological polar surface area (TPSA) is 43.6 Å². The molecule has 4 heteroatoms. The maximum Gasteiger partial charge on any atom is 0.166 e. The van der Waals surface area contributed by atoms with Crippen LogP contribution < -0.4 is 0 Å². The molecule has 8 aromatic carbocycles. The molecule has 258 valence electrons. The summed E-state index contributed by atoms with van der Waals surface area (Å²) in [4.78, 5) is 14.7. The molecule has 4 nitrogen and oxygen atoms in total. The van der Waals surface area contributed by atoms with Crippen molar-refractivity contribution in [3.05, 3.63) is 206 Å². The Balaban J connectivity index is 1.50. The second-order valence-electron chi connectivity index (χ2n) is 12.0. The van der Waals surface area contributed by atoms with Gasteiger partial charge in [-0.2, -0.15) is 0 Å². The molecule has 0 fully saturated rings. The lowest BCUT2D eigenvalue weighted by Crippen LogP contribution is -2.05. The first-order valence-electron chi connectivity index (χ1n) is 27.3. The Morgan fingerprint density at radius 1 is 0.364 bits per heavy atom. The summed E-state index contributed by atoms with van der Waals surface area (Å²) in [7, 11) is 0. The van der Waals surface area contributed by atoms with E-state index in [0.717, 1.165) is 0 Å².